The summed E-state index contributed by atoms with van der Waals surface area (Å²) in [4.78, 5) is 23.8. The zero-order valence-corrected chi connectivity index (χ0v) is 14.4. The van der Waals surface area contributed by atoms with Gasteiger partial charge in [0.25, 0.3) is 5.91 Å². The number of hydrogen-bond acceptors (Lipinski definition) is 4. The maximum Gasteiger partial charge on any atom is 0.251 e. The number of hydrogen-bond donors (Lipinski definition) is 3. The predicted molar refractivity (Wildman–Crippen MR) is 97.6 cm³/mol. The van der Waals surface area contributed by atoms with Gasteiger partial charge in [-0.25, -0.2) is 0 Å². The van der Waals surface area contributed by atoms with E-state index in [9.17, 15) is 9.59 Å². The predicted octanol–water partition coefficient (Wildman–Crippen LogP) is 3.16. The van der Waals surface area contributed by atoms with Crippen LogP contribution in [0.25, 0.3) is 0 Å². The Morgan fingerprint density at radius 1 is 1.21 bits per heavy atom. The van der Waals surface area contributed by atoms with Crippen LogP contribution in [0.4, 0.5) is 10.7 Å². The topological polar surface area (TPSA) is 84.2 Å². The van der Waals surface area contributed by atoms with E-state index in [1.165, 1.54) is 35.3 Å². The molecule has 0 saturated carbocycles. The van der Waals surface area contributed by atoms with Gasteiger partial charge in [-0.05, 0) is 61.2 Å². The molecule has 0 fully saturated rings. The van der Waals surface area contributed by atoms with E-state index in [-0.39, 0.29) is 5.91 Å². The lowest BCUT2D eigenvalue weighted by Crippen LogP contribution is -2.32. The highest BCUT2D eigenvalue weighted by molar-refractivity contribution is 7.14. The van der Waals surface area contributed by atoms with Crippen molar-refractivity contribution in [3.63, 3.8) is 0 Å². The number of anilines is 2. The van der Waals surface area contributed by atoms with Crippen LogP contribution in [0.15, 0.2) is 29.6 Å². The Kier molecular flexibility index (Phi) is 4.85. The molecule has 0 aliphatic heterocycles. The number of primary amides is 1. The van der Waals surface area contributed by atoms with Crippen LogP contribution in [0.3, 0.4) is 0 Å². The van der Waals surface area contributed by atoms with Crippen molar-refractivity contribution in [3.05, 3.63) is 46.3 Å². The highest BCUT2D eigenvalue weighted by Gasteiger charge is 2.19. The van der Waals surface area contributed by atoms with Crippen molar-refractivity contribution in [1.82, 2.24) is 0 Å². The van der Waals surface area contributed by atoms with E-state index in [4.69, 9.17) is 5.73 Å². The highest BCUT2D eigenvalue weighted by Crippen LogP contribution is 2.28. The van der Waals surface area contributed by atoms with Crippen LogP contribution in [0.1, 0.15) is 41.3 Å². The molecule has 0 unspecified atom stereocenters. The third-order valence-electron chi connectivity index (χ3n) is 4.33. The molecule has 2 amide bonds. The van der Waals surface area contributed by atoms with Crippen molar-refractivity contribution in [3.8, 4) is 0 Å². The average Bonchev–Trinajstić information content (AvgIpc) is 3.03. The lowest BCUT2D eigenvalue weighted by Gasteiger charge is -2.22. The molecule has 4 N–H and O–H groups in total. The van der Waals surface area contributed by atoms with Crippen molar-refractivity contribution >= 4 is 33.8 Å². The quantitative estimate of drug-likeness (QED) is 0.779. The number of rotatable bonds is 5. The van der Waals surface area contributed by atoms with Gasteiger partial charge in [-0.15, -0.1) is 11.3 Å². The molecular weight excluding hydrogens is 322 g/mol. The van der Waals surface area contributed by atoms with Crippen molar-refractivity contribution < 1.29 is 9.59 Å². The van der Waals surface area contributed by atoms with Gasteiger partial charge in [-0.2, -0.15) is 0 Å². The smallest absolute Gasteiger partial charge is 0.251 e. The third kappa shape index (κ3) is 3.43. The van der Waals surface area contributed by atoms with Gasteiger partial charge in [0.2, 0.25) is 5.91 Å². The summed E-state index contributed by atoms with van der Waals surface area (Å²) in [7, 11) is 0. The zero-order valence-electron chi connectivity index (χ0n) is 13.6. The minimum Gasteiger partial charge on any atom is -0.374 e. The van der Waals surface area contributed by atoms with Crippen LogP contribution in [-0.4, -0.2) is 17.9 Å². The normalized spacial score (nSPS) is 14.5. The second-order valence-corrected chi connectivity index (χ2v) is 6.95. The van der Waals surface area contributed by atoms with Crippen molar-refractivity contribution in [2.24, 2.45) is 5.73 Å². The number of amides is 2. The number of aryl methyl sites for hydroxylation is 1. The standard InChI is InChI=1S/C18H21N3O2S/c1-11(17(23)21-18-14(16(19)22)9-10-24-18)20-15-8-4-6-12-5-2-3-7-13(12)15/h4,6,8-11,20H,2-3,5,7H2,1H3,(H2,19,22)(H,21,23)/t11-/m0/s1. The lowest BCUT2D eigenvalue weighted by atomic mass is 9.90. The van der Waals surface area contributed by atoms with Crippen molar-refractivity contribution in [2.45, 2.75) is 38.6 Å². The van der Waals surface area contributed by atoms with E-state index in [0.29, 0.717) is 10.6 Å². The molecule has 24 heavy (non-hydrogen) atoms. The monoisotopic (exact) mass is 343 g/mol. The fourth-order valence-corrected chi connectivity index (χ4v) is 3.83. The minimum absolute atomic E-state index is 0.187. The Hall–Kier alpha value is -2.34. The van der Waals surface area contributed by atoms with E-state index < -0.39 is 11.9 Å². The fourth-order valence-electron chi connectivity index (χ4n) is 3.04. The summed E-state index contributed by atoms with van der Waals surface area (Å²) in [6, 6.07) is 7.42. The van der Waals surface area contributed by atoms with Crippen molar-refractivity contribution in [2.75, 3.05) is 10.6 Å². The Morgan fingerprint density at radius 2 is 2.00 bits per heavy atom. The van der Waals surface area contributed by atoms with Crippen molar-refractivity contribution in [1.29, 1.82) is 0 Å². The first-order valence-electron chi connectivity index (χ1n) is 8.11. The fraction of sp³-hybridized carbons (Fsp3) is 0.333. The molecule has 1 aliphatic rings. The maximum atomic E-state index is 12.4. The number of nitrogens with one attached hydrogen (secondary N) is 2. The molecule has 0 saturated heterocycles. The van der Waals surface area contributed by atoms with Gasteiger partial charge in [0, 0.05) is 5.69 Å². The molecule has 1 aromatic carbocycles. The van der Waals surface area contributed by atoms with Crippen LogP contribution in [0, 0.1) is 0 Å². The Labute approximate surface area is 145 Å². The maximum absolute atomic E-state index is 12.4. The van der Waals surface area contributed by atoms with Gasteiger partial charge in [-0.3, -0.25) is 9.59 Å². The molecule has 0 spiro atoms. The summed E-state index contributed by atoms with van der Waals surface area (Å²) in [6.07, 6.45) is 4.55. The summed E-state index contributed by atoms with van der Waals surface area (Å²) in [5.74, 6) is -0.724. The molecule has 5 nitrogen and oxygen atoms in total. The zero-order chi connectivity index (χ0) is 17.1. The highest BCUT2D eigenvalue weighted by atomic mass is 32.1. The van der Waals surface area contributed by atoms with Crippen LogP contribution in [-0.2, 0) is 17.6 Å². The molecular formula is C18H21N3O2S. The van der Waals surface area contributed by atoms with Crippen LogP contribution in [0.5, 0.6) is 0 Å². The first kappa shape index (κ1) is 16.5. The first-order valence-corrected chi connectivity index (χ1v) is 8.99. The van der Waals surface area contributed by atoms with Gasteiger partial charge in [0.05, 0.1) is 5.56 Å². The number of carbonyl (C=O) groups excluding carboxylic acids is 2. The van der Waals surface area contributed by atoms with Gasteiger partial charge in [0.1, 0.15) is 11.0 Å². The lowest BCUT2D eigenvalue weighted by molar-refractivity contribution is -0.116. The molecule has 1 aliphatic carbocycles. The minimum atomic E-state index is -0.538. The molecule has 126 valence electrons. The Bertz CT molecular complexity index is 769. The number of nitrogens with two attached hydrogens (primary N) is 1. The Balaban J connectivity index is 1.71. The van der Waals surface area contributed by atoms with Crippen LogP contribution < -0.4 is 16.4 Å². The molecule has 2 aromatic rings. The van der Waals surface area contributed by atoms with E-state index in [1.807, 2.05) is 19.1 Å². The van der Waals surface area contributed by atoms with Crippen LogP contribution in [0.2, 0.25) is 0 Å². The van der Waals surface area contributed by atoms with Gasteiger partial charge in [0.15, 0.2) is 0 Å². The van der Waals surface area contributed by atoms with Gasteiger partial charge < -0.3 is 16.4 Å². The molecule has 1 aromatic heterocycles. The SMILES string of the molecule is C[C@H](Nc1cccc2c1CCCC2)C(=O)Nc1sccc1C(N)=O. The molecule has 0 bridgehead atoms. The average molecular weight is 343 g/mol. The van der Waals surface area contributed by atoms with Gasteiger partial charge >= 0.3 is 0 Å². The van der Waals surface area contributed by atoms with E-state index in [0.717, 1.165) is 18.5 Å². The van der Waals surface area contributed by atoms with Gasteiger partial charge in [-0.1, -0.05) is 12.1 Å². The Morgan fingerprint density at radius 3 is 2.79 bits per heavy atom. The second-order valence-electron chi connectivity index (χ2n) is 6.03. The molecule has 1 atom stereocenters. The molecule has 1 heterocycles. The number of carbonyl (C=O) groups is 2. The number of thiophene rings is 1. The van der Waals surface area contributed by atoms with E-state index in [1.54, 1.807) is 11.4 Å². The summed E-state index contributed by atoms with van der Waals surface area (Å²) in [5, 5.41) is 8.33. The molecule has 3 rings (SSSR count). The number of benzene rings is 1. The van der Waals surface area contributed by atoms with E-state index >= 15 is 0 Å². The third-order valence-corrected chi connectivity index (χ3v) is 5.16. The number of fused-ring (bicyclic) bond motifs is 1. The molecule has 6 heteroatoms. The summed E-state index contributed by atoms with van der Waals surface area (Å²) in [5.41, 5.74) is 9.37. The summed E-state index contributed by atoms with van der Waals surface area (Å²) in [6.45, 7) is 1.81. The molecule has 0 radical (unpaired) electrons. The summed E-state index contributed by atoms with van der Waals surface area (Å²) < 4.78 is 0. The van der Waals surface area contributed by atoms with E-state index in [2.05, 4.69) is 16.7 Å². The van der Waals surface area contributed by atoms with Crippen LogP contribution >= 0.6 is 11.3 Å². The second kappa shape index (κ2) is 7.05. The largest absolute Gasteiger partial charge is 0.374 e. The summed E-state index contributed by atoms with van der Waals surface area (Å²) >= 11 is 1.29. The first-order chi connectivity index (χ1) is 11.6.